The molecule has 0 radical (unpaired) electrons. The summed E-state index contributed by atoms with van der Waals surface area (Å²) in [5, 5.41) is 3.26. The molecule has 1 aromatic rings. The quantitative estimate of drug-likeness (QED) is 0.679. The number of rotatable bonds is 9. The van der Waals surface area contributed by atoms with E-state index >= 15 is 0 Å². The van der Waals surface area contributed by atoms with Crippen LogP contribution < -0.4 is 10.1 Å². The van der Waals surface area contributed by atoms with Crippen molar-refractivity contribution in [2.45, 2.75) is 46.3 Å². The Morgan fingerprint density at radius 2 is 1.89 bits per heavy atom. The van der Waals surface area contributed by atoms with E-state index in [0.717, 1.165) is 24.4 Å². The van der Waals surface area contributed by atoms with Gasteiger partial charge < -0.3 is 10.1 Å². The van der Waals surface area contributed by atoms with Crippen LogP contribution in [-0.4, -0.2) is 13.2 Å². The Balaban J connectivity index is 2.28. The number of hydrogen-bond donors (Lipinski definition) is 1. The highest BCUT2D eigenvalue weighted by molar-refractivity contribution is 5.33. The minimum absolute atomic E-state index is 0.257. The summed E-state index contributed by atoms with van der Waals surface area (Å²) < 4.78 is 28.9. The summed E-state index contributed by atoms with van der Waals surface area (Å²) >= 11 is 0. The molecule has 0 saturated carbocycles. The van der Waals surface area contributed by atoms with E-state index in [2.05, 4.69) is 23.9 Å². The molecule has 2 nitrogen and oxygen atoms in total. The number of nitrogens with one attached hydrogen (secondary N) is 1. The van der Waals surface area contributed by atoms with E-state index in [1.807, 2.05) is 6.07 Å². The highest BCUT2D eigenvalue weighted by Gasteiger charge is 2.08. The van der Waals surface area contributed by atoms with E-state index in [1.54, 1.807) is 18.2 Å². The summed E-state index contributed by atoms with van der Waals surface area (Å²) in [7, 11) is 0. The molecule has 0 amide bonds. The van der Waals surface area contributed by atoms with Gasteiger partial charge in [-0.05, 0) is 24.9 Å². The summed E-state index contributed by atoms with van der Waals surface area (Å²) in [6.07, 6.45) is 3.53. The molecule has 1 aromatic carbocycles. The molecule has 108 valence electrons. The summed E-state index contributed by atoms with van der Waals surface area (Å²) in [5.41, 5.74) is 0.770. The lowest BCUT2D eigenvalue weighted by Gasteiger charge is -2.11. The fourth-order valence-corrected chi connectivity index (χ4v) is 1.89. The molecule has 0 aliphatic rings. The molecular formula is C15H23F2NO. The van der Waals surface area contributed by atoms with Crippen LogP contribution in [0.4, 0.5) is 8.78 Å². The lowest BCUT2D eigenvalue weighted by atomic mass is 10.1. The second-order valence-corrected chi connectivity index (χ2v) is 5.05. The summed E-state index contributed by atoms with van der Waals surface area (Å²) in [4.78, 5) is 0. The fraction of sp³-hybridized carbons (Fsp3) is 0.600. The van der Waals surface area contributed by atoms with Crippen molar-refractivity contribution in [2.24, 2.45) is 5.92 Å². The Morgan fingerprint density at radius 1 is 1.16 bits per heavy atom. The molecule has 0 unspecified atom stereocenters. The maximum Gasteiger partial charge on any atom is 0.387 e. The van der Waals surface area contributed by atoms with E-state index in [1.165, 1.54) is 12.8 Å². The van der Waals surface area contributed by atoms with Crippen molar-refractivity contribution < 1.29 is 13.5 Å². The van der Waals surface area contributed by atoms with E-state index < -0.39 is 6.61 Å². The minimum Gasteiger partial charge on any atom is -0.434 e. The number of unbranched alkanes of at least 4 members (excludes halogenated alkanes) is 1. The van der Waals surface area contributed by atoms with Gasteiger partial charge in [0.15, 0.2) is 0 Å². The zero-order chi connectivity index (χ0) is 14.1. The van der Waals surface area contributed by atoms with Crippen LogP contribution in [0, 0.1) is 5.92 Å². The molecule has 4 heteroatoms. The molecule has 0 aromatic heterocycles. The molecule has 0 aliphatic heterocycles. The van der Waals surface area contributed by atoms with Crippen LogP contribution in [0.1, 0.15) is 38.7 Å². The summed E-state index contributed by atoms with van der Waals surface area (Å²) in [5.74, 6) is 0.993. The van der Waals surface area contributed by atoms with Crippen LogP contribution in [0.5, 0.6) is 5.75 Å². The number of halogens is 2. The molecular weight excluding hydrogens is 248 g/mol. The van der Waals surface area contributed by atoms with Crippen LogP contribution in [0.25, 0.3) is 0 Å². The van der Waals surface area contributed by atoms with Crippen molar-refractivity contribution in [1.29, 1.82) is 0 Å². The second kappa shape index (κ2) is 8.86. The predicted octanol–water partition coefficient (Wildman–Crippen LogP) is 4.20. The molecule has 0 atom stereocenters. The van der Waals surface area contributed by atoms with Crippen molar-refractivity contribution >= 4 is 0 Å². The first-order chi connectivity index (χ1) is 9.09. The summed E-state index contributed by atoms with van der Waals surface area (Å²) in [6.45, 7) is 3.11. The van der Waals surface area contributed by atoms with Crippen LogP contribution >= 0.6 is 0 Å². The Morgan fingerprint density at radius 3 is 2.58 bits per heavy atom. The number of benzene rings is 1. The van der Waals surface area contributed by atoms with Gasteiger partial charge in [0, 0.05) is 12.1 Å². The van der Waals surface area contributed by atoms with Crippen LogP contribution in [0.3, 0.4) is 0 Å². The Hall–Kier alpha value is -1.16. The molecule has 0 aliphatic carbocycles. The van der Waals surface area contributed by atoms with Gasteiger partial charge in [0.2, 0.25) is 0 Å². The zero-order valence-corrected chi connectivity index (χ0v) is 11.7. The third kappa shape index (κ3) is 7.11. The Kier molecular flexibility index (Phi) is 7.41. The molecule has 0 heterocycles. The van der Waals surface area contributed by atoms with Gasteiger partial charge in [-0.15, -0.1) is 0 Å². The molecule has 1 N–H and O–H groups in total. The molecule has 0 spiro atoms. The first-order valence-electron chi connectivity index (χ1n) is 6.83. The smallest absolute Gasteiger partial charge is 0.387 e. The van der Waals surface area contributed by atoms with Crippen LogP contribution in [0.2, 0.25) is 0 Å². The number of hydrogen-bond acceptors (Lipinski definition) is 2. The largest absolute Gasteiger partial charge is 0.434 e. The normalized spacial score (nSPS) is 11.3. The zero-order valence-electron chi connectivity index (χ0n) is 11.7. The second-order valence-electron chi connectivity index (χ2n) is 5.05. The first kappa shape index (κ1) is 15.9. The number of para-hydroxylation sites is 1. The van der Waals surface area contributed by atoms with Crippen molar-refractivity contribution in [3.05, 3.63) is 29.8 Å². The highest BCUT2D eigenvalue weighted by Crippen LogP contribution is 2.19. The minimum atomic E-state index is -2.77. The fourth-order valence-electron chi connectivity index (χ4n) is 1.89. The third-order valence-corrected chi connectivity index (χ3v) is 2.89. The Bertz CT molecular complexity index is 356. The van der Waals surface area contributed by atoms with Gasteiger partial charge in [0.1, 0.15) is 5.75 Å². The van der Waals surface area contributed by atoms with Crippen LogP contribution in [0.15, 0.2) is 24.3 Å². The van der Waals surface area contributed by atoms with E-state index in [-0.39, 0.29) is 5.75 Å². The lowest BCUT2D eigenvalue weighted by Crippen LogP contribution is -2.16. The third-order valence-electron chi connectivity index (χ3n) is 2.89. The van der Waals surface area contributed by atoms with E-state index in [0.29, 0.717) is 6.54 Å². The van der Waals surface area contributed by atoms with Gasteiger partial charge in [0.05, 0.1) is 0 Å². The average molecular weight is 271 g/mol. The predicted molar refractivity (Wildman–Crippen MR) is 73.5 cm³/mol. The van der Waals surface area contributed by atoms with E-state index in [9.17, 15) is 8.78 Å². The molecule has 0 fully saturated rings. The Labute approximate surface area is 114 Å². The van der Waals surface area contributed by atoms with Crippen molar-refractivity contribution in [1.82, 2.24) is 5.32 Å². The van der Waals surface area contributed by atoms with Crippen molar-refractivity contribution in [3.8, 4) is 5.75 Å². The average Bonchev–Trinajstić information content (AvgIpc) is 2.34. The molecule has 0 saturated heterocycles. The van der Waals surface area contributed by atoms with Crippen molar-refractivity contribution in [3.63, 3.8) is 0 Å². The maximum atomic E-state index is 12.2. The first-order valence-corrected chi connectivity index (χ1v) is 6.83. The van der Waals surface area contributed by atoms with Gasteiger partial charge in [0.25, 0.3) is 0 Å². The number of alkyl halides is 2. The number of ether oxygens (including phenoxy) is 1. The lowest BCUT2D eigenvalue weighted by molar-refractivity contribution is -0.0504. The maximum absolute atomic E-state index is 12.2. The van der Waals surface area contributed by atoms with Gasteiger partial charge in [-0.3, -0.25) is 0 Å². The topological polar surface area (TPSA) is 21.3 Å². The van der Waals surface area contributed by atoms with Gasteiger partial charge in [-0.2, -0.15) is 8.78 Å². The monoisotopic (exact) mass is 271 g/mol. The SMILES string of the molecule is CC(C)CCCCNCc1ccccc1OC(F)F. The molecule has 1 rings (SSSR count). The standard InChI is InChI=1S/C15H23F2NO/c1-12(2)7-5-6-10-18-11-13-8-3-4-9-14(13)19-15(16)17/h3-4,8-9,12,15,18H,5-7,10-11H2,1-2H3. The van der Waals surface area contributed by atoms with Crippen molar-refractivity contribution in [2.75, 3.05) is 6.54 Å². The highest BCUT2D eigenvalue weighted by atomic mass is 19.3. The summed E-state index contributed by atoms with van der Waals surface area (Å²) in [6, 6.07) is 6.90. The van der Waals surface area contributed by atoms with Crippen LogP contribution in [-0.2, 0) is 6.54 Å². The van der Waals surface area contributed by atoms with E-state index in [4.69, 9.17) is 0 Å². The molecule has 0 bridgehead atoms. The molecule has 19 heavy (non-hydrogen) atoms. The van der Waals surface area contributed by atoms with Gasteiger partial charge in [-0.1, -0.05) is 44.9 Å². The van der Waals surface area contributed by atoms with Gasteiger partial charge >= 0.3 is 6.61 Å². The van der Waals surface area contributed by atoms with Gasteiger partial charge in [-0.25, -0.2) is 0 Å².